The van der Waals surface area contributed by atoms with Gasteiger partial charge in [0.15, 0.2) is 0 Å². The fourth-order valence-electron chi connectivity index (χ4n) is 8.20. The lowest BCUT2D eigenvalue weighted by Gasteiger charge is -2.31. The SMILES string of the molecule is CC1C=C(N(c2ccccc2)c2ccc(-c3ccc4c(c3)C3(c5ccccc5-c5ccccc53)c3cc(C=O)ccc3-4)cc2)C=CC1. The maximum Gasteiger partial charge on any atom is 0.150 e. The maximum absolute atomic E-state index is 12.1. The van der Waals surface area contributed by atoms with Gasteiger partial charge in [0.2, 0.25) is 0 Å². The molecular weight excluding hydrogens is 571 g/mol. The number of aldehydes is 1. The minimum atomic E-state index is -0.493. The molecule has 0 fully saturated rings. The van der Waals surface area contributed by atoms with Gasteiger partial charge in [0.25, 0.3) is 0 Å². The fourth-order valence-corrected chi connectivity index (χ4v) is 8.20. The highest BCUT2D eigenvalue weighted by Crippen LogP contribution is 2.63. The van der Waals surface area contributed by atoms with Gasteiger partial charge in [-0.3, -0.25) is 4.79 Å². The summed E-state index contributed by atoms with van der Waals surface area (Å²) >= 11 is 0. The predicted molar refractivity (Wildman–Crippen MR) is 193 cm³/mol. The van der Waals surface area contributed by atoms with Crippen LogP contribution in [0.25, 0.3) is 33.4 Å². The Balaban J connectivity index is 1.21. The number of allylic oxidation sites excluding steroid dienone is 3. The summed E-state index contributed by atoms with van der Waals surface area (Å²) < 4.78 is 0. The molecule has 0 aliphatic heterocycles. The minimum Gasteiger partial charge on any atom is -0.311 e. The van der Waals surface area contributed by atoms with E-state index in [9.17, 15) is 4.79 Å². The van der Waals surface area contributed by atoms with Crippen LogP contribution in [0.4, 0.5) is 11.4 Å². The van der Waals surface area contributed by atoms with Crippen molar-refractivity contribution in [2.45, 2.75) is 18.8 Å². The van der Waals surface area contributed by atoms with E-state index in [2.05, 4.69) is 164 Å². The fraction of sp³-hybridized carbons (Fsp3) is 0.0889. The number of fused-ring (bicyclic) bond motifs is 10. The van der Waals surface area contributed by atoms with E-state index in [0.717, 1.165) is 24.1 Å². The molecular formula is C45H33NO. The van der Waals surface area contributed by atoms with Crippen molar-refractivity contribution in [3.8, 4) is 33.4 Å². The van der Waals surface area contributed by atoms with Gasteiger partial charge < -0.3 is 4.90 Å². The zero-order valence-corrected chi connectivity index (χ0v) is 26.2. The van der Waals surface area contributed by atoms with Crippen molar-refractivity contribution in [1.29, 1.82) is 0 Å². The van der Waals surface area contributed by atoms with Crippen LogP contribution in [0.3, 0.4) is 0 Å². The molecule has 2 heteroatoms. The summed E-state index contributed by atoms with van der Waals surface area (Å²) in [7, 11) is 0. The highest BCUT2D eigenvalue weighted by Gasteiger charge is 2.51. The van der Waals surface area contributed by atoms with Crippen LogP contribution in [-0.4, -0.2) is 6.29 Å². The van der Waals surface area contributed by atoms with Crippen molar-refractivity contribution in [3.05, 3.63) is 191 Å². The lowest BCUT2D eigenvalue weighted by atomic mass is 9.70. The summed E-state index contributed by atoms with van der Waals surface area (Å²) in [4.78, 5) is 14.4. The standard InChI is InChI=1S/C45H33NO/c1-30-10-9-13-36(26-30)46(34-11-3-2-4-12-34)35-22-19-32(20-23-35)33-21-25-40-39-24-18-31(29-47)27-43(39)45(44(40)28-33)41-16-7-5-14-37(41)38-15-6-8-17-42(38)45/h2-9,11-30H,10H2,1H3. The van der Waals surface area contributed by atoms with Gasteiger partial charge in [0.1, 0.15) is 6.29 Å². The predicted octanol–water partition coefficient (Wildman–Crippen LogP) is 11.1. The molecule has 0 saturated carbocycles. The van der Waals surface area contributed by atoms with E-state index in [1.807, 2.05) is 6.07 Å². The quantitative estimate of drug-likeness (QED) is 0.182. The Bertz CT molecular complexity index is 2210. The average molecular weight is 604 g/mol. The number of anilines is 2. The number of para-hydroxylation sites is 1. The smallest absolute Gasteiger partial charge is 0.150 e. The van der Waals surface area contributed by atoms with Crippen LogP contribution in [0.1, 0.15) is 46.0 Å². The number of carbonyl (C=O) groups excluding carboxylic acids is 1. The van der Waals surface area contributed by atoms with Gasteiger partial charge in [-0.15, -0.1) is 0 Å². The first kappa shape index (κ1) is 27.6. The molecule has 0 N–H and O–H groups in total. The first-order chi connectivity index (χ1) is 23.2. The Hall–Kier alpha value is -5.73. The third-order valence-corrected chi connectivity index (χ3v) is 10.2. The van der Waals surface area contributed by atoms with E-state index in [4.69, 9.17) is 0 Å². The van der Waals surface area contributed by atoms with Crippen molar-refractivity contribution in [2.24, 2.45) is 5.92 Å². The number of hydrogen-bond donors (Lipinski definition) is 0. The van der Waals surface area contributed by atoms with Crippen LogP contribution in [0.5, 0.6) is 0 Å². The summed E-state index contributed by atoms with van der Waals surface area (Å²) in [6.07, 6.45) is 8.92. The Morgan fingerprint density at radius 1 is 0.596 bits per heavy atom. The van der Waals surface area contributed by atoms with E-state index in [1.165, 1.54) is 61.3 Å². The maximum atomic E-state index is 12.1. The molecule has 224 valence electrons. The third-order valence-electron chi connectivity index (χ3n) is 10.2. The van der Waals surface area contributed by atoms with E-state index in [1.54, 1.807) is 0 Å². The third kappa shape index (κ3) is 4.08. The lowest BCUT2D eigenvalue weighted by molar-refractivity contribution is 0.112. The van der Waals surface area contributed by atoms with E-state index >= 15 is 0 Å². The van der Waals surface area contributed by atoms with E-state index in [0.29, 0.717) is 11.5 Å². The van der Waals surface area contributed by atoms with Crippen molar-refractivity contribution in [1.82, 2.24) is 0 Å². The van der Waals surface area contributed by atoms with Gasteiger partial charge in [-0.1, -0.05) is 122 Å². The van der Waals surface area contributed by atoms with Crippen molar-refractivity contribution >= 4 is 17.7 Å². The van der Waals surface area contributed by atoms with Crippen LogP contribution >= 0.6 is 0 Å². The molecule has 1 spiro atoms. The highest BCUT2D eigenvalue weighted by molar-refractivity contribution is 5.97. The monoisotopic (exact) mass is 603 g/mol. The van der Waals surface area contributed by atoms with Gasteiger partial charge in [-0.2, -0.15) is 0 Å². The summed E-state index contributed by atoms with van der Waals surface area (Å²) in [5, 5.41) is 0. The Kier molecular flexibility index (Phi) is 6.26. The molecule has 6 aromatic carbocycles. The number of carbonyl (C=O) groups is 1. The summed E-state index contributed by atoms with van der Waals surface area (Å²) in [6.45, 7) is 2.27. The second-order valence-electron chi connectivity index (χ2n) is 12.9. The number of nitrogens with zero attached hydrogens (tertiary/aromatic N) is 1. The van der Waals surface area contributed by atoms with Gasteiger partial charge in [-0.25, -0.2) is 0 Å². The molecule has 0 radical (unpaired) electrons. The van der Waals surface area contributed by atoms with Crippen LogP contribution in [-0.2, 0) is 5.41 Å². The van der Waals surface area contributed by atoms with Crippen LogP contribution in [0.15, 0.2) is 163 Å². The Labute approximate surface area is 276 Å². The van der Waals surface area contributed by atoms with Crippen molar-refractivity contribution in [2.75, 3.05) is 4.90 Å². The summed E-state index contributed by atoms with van der Waals surface area (Å²) in [5.41, 5.74) is 16.0. The molecule has 1 atom stereocenters. The zero-order valence-electron chi connectivity index (χ0n) is 26.2. The van der Waals surface area contributed by atoms with Crippen LogP contribution in [0.2, 0.25) is 0 Å². The summed E-state index contributed by atoms with van der Waals surface area (Å²) in [5.74, 6) is 0.497. The summed E-state index contributed by atoms with van der Waals surface area (Å²) in [6, 6.07) is 50.3. The number of rotatable bonds is 5. The molecule has 0 amide bonds. The first-order valence-corrected chi connectivity index (χ1v) is 16.4. The van der Waals surface area contributed by atoms with Crippen LogP contribution in [0, 0.1) is 5.92 Å². The molecule has 2 nitrogen and oxygen atoms in total. The molecule has 0 aromatic heterocycles. The molecule has 0 bridgehead atoms. The largest absolute Gasteiger partial charge is 0.311 e. The van der Waals surface area contributed by atoms with Gasteiger partial charge in [0.05, 0.1) is 5.41 Å². The first-order valence-electron chi connectivity index (χ1n) is 16.4. The molecule has 0 saturated heterocycles. The van der Waals surface area contributed by atoms with Crippen molar-refractivity contribution in [3.63, 3.8) is 0 Å². The number of hydrogen-bond acceptors (Lipinski definition) is 2. The van der Waals surface area contributed by atoms with Crippen molar-refractivity contribution < 1.29 is 4.79 Å². The normalized spacial score (nSPS) is 16.2. The molecule has 9 rings (SSSR count). The molecule has 1 unspecified atom stereocenters. The molecule has 3 aliphatic rings. The minimum absolute atomic E-state index is 0.493. The van der Waals surface area contributed by atoms with Gasteiger partial charge in [-0.05, 0) is 110 Å². The lowest BCUT2D eigenvalue weighted by Crippen LogP contribution is -2.26. The van der Waals surface area contributed by atoms with Gasteiger partial charge >= 0.3 is 0 Å². The van der Waals surface area contributed by atoms with E-state index in [-0.39, 0.29) is 0 Å². The Morgan fingerprint density at radius 3 is 1.85 bits per heavy atom. The second kappa shape index (κ2) is 10.7. The second-order valence-corrected chi connectivity index (χ2v) is 12.9. The Morgan fingerprint density at radius 2 is 1.17 bits per heavy atom. The topological polar surface area (TPSA) is 20.3 Å². The average Bonchev–Trinajstić information content (AvgIpc) is 3.59. The van der Waals surface area contributed by atoms with E-state index < -0.39 is 5.41 Å². The van der Waals surface area contributed by atoms with Gasteiger partial charge in [0, 0.05) is 22.6 Å². The molecule has 47 heavy (non-hydrogen) atoms. The molecule has 6 aromatic rings. The number of benzene rings is 6. The highest BCUT2D eigenvalue weighted by atomic mass is 16.1. The zero-order chi connectivity index (χ0) is 31.5. The van der Waals surface area contributed by atoms with Crippen LogP contribution < -0.4 is 4.90 Å². The molecule has 0 heterocycles. The molecule has 3 aliphatic carbocycles.